The third-order valence-corrected chi connectivity index (χ3v) is 6.15. The number of rotatable bonds is 3. The maximum absolute atomic E-state index is 9.44. The summed E-state index contributed by atoms with van der Waals surface area (Å²) in [6, 6.07) is 5.92. The Morgan fingerprint density at radius 2 is 2.12 bits per heavy atom. The van der Waals surface area contributed by atoms with Crippen molar-refractivity contribution in [1.82, 2.24) is 0 Å². The average molecular weight is 256 g/mol. The minimum Gasteiger partial charge on any atom is -0.493 e. The van der Waals surface area contributed by atoms with Gasteiger partial charge in [0.1, 0.15) is 5.75 Å². The van der Waals surface area contributed by atoms with E-state index in [0.29, 0.717) is 0 Å². The lowest BCUT2D eigenvalue weighted by Gasteiger charge is -2.37. The van der Waals surface area contributed by atoms with Gasteiger partial charge in [0.15, 0.2) is 0 Å². The van der Waals surface area contributed by atoms with Gasteiger partial charge in [-0.25, -0.2) is 0 Å². The zero-order valence-corrected chi connectivity index (χ0v) is 11.2. The maximum atomic E-state index is 9.44. The molecule has 0 fully saturated rings. The smallest absolute Gasteiger partial charge is 0.125 e. The lowest BCUT2D eigenvalue weighted by molar-refractivity contribution is 0.261. The Hall–Kier alpha value is -0.320. The monoisotopic (exact) mass is 256 g/mol. The first-order valence-corrected chi connectivity index (χ1v) is 7.68. The number of aliphatic hydroxyl groups is 1. The van der Waals surface area contributed by atoms with E-state index in [1.807, 2.05) is 41.7 Å². The van der Waals surface area contributed by atoms with Gasteiger partial charge in [0.05, 0.1) is 17.3 Å². The van der Waals surface area contributed by atoms with Gasteiger partial charge in [-0.3, -0.25) is 0 Å². The van der Waals surface area contributed by atoms with Crippen molar-refractivity contribution in [3.63, 3.8) is 0 Å². The van der Waals surface area contributed by atoms with Gasteiger partial charge in [0.2, 0.25) is 0 Å². The molecule has 0 saturated heterocycles. The zero-order chi connectivity index (χ0) is 11.6. The topological polar surface area (TPSA) is 29.5 Å². The van der Waals surface area contributed by atoms with Crippen molar-refractivity contribution in [2.45, 2.75) is 17.1 Å². The third kappa shape index (κ3) is 1.83. The lowest BCUT2D eigenvalue weighted by atomic mass is 9.99. The molecule has 0 radical (unpaired) electrons. The molecule has 2 nitrogen and oxygen atoms in total. The third-order valence-electron chi connectivity index (χ3n) is 3.01. The van der Waals surface area contributed by atoms with E-state index in [0.717, 1.165) is 24.3 Å². The molecule has 1 heterocycles. The fourth-order valence-corrected chi connectivity index (χ4v) is 4.29. The van der Waals surface area contributed by atoms with Gasteiger partial charge in [-0.15, -0.1) is 23.5 Å². The molecule has 0 aromatic heterocycles. The predicted molar refractivity (Wildman–Crippen MR) is 71.2 cm³/mol. The number of aliphatic hydroxyl groups excluding tert-OH is 1. The molecule has 1 aromatic carbocycles. The van der Waals surface area contributed by atoms with Crippen molar-refractivity contribution in [2.24, 2.45) is 0 Å². The van der Waals surface area contributed by atoms with Crippen LogP contribution in [0.1, 0.15) is 17.5 Å². The van der Waals surface area contributed by atoms with Crippen LogP contribution >= 0.6 is 23.5 Å². The molecule has 1 aromatic rings. The fourth-order valence-electron chi connectivity index (χ4n) is 2.17. The van der Waals surface area contributed by atoms with E-state index in [9.17, 15) is 5.11 Å². The Morgan fingerprint density at radius 1 is 1.38 bits per heavy atom. The van der Waals surface area contributed by atoms with Crippen LogP contribution in [0.4, 0.5) is 0 Å². The Balaban J connectivity index is 2.58. The summed E-state index contributed by atoms with van der Waals surface area (Å²) >= 11 is 3.67. The van der Waals surface area contributed by atoms with Gasteiger partial charge >= 0.3 is 0 Å². The summed E-state index contributed by atoms with van der Waals surface area (Å²) in [5.74, 6) is 0.932. The Bertz CT molecular complexity index is 361. The van der Waals surface area contributed by atoms with Crippen molar-refractivity contribution >= 4 is 23.5 Å². The normalized spacial score (nSPS) is 17.7. The highest BCUT2D eigenvalue weighted by Gasteiger charge is 2.38. The summed E-state index contributed by atoms with van der Waals surface area (Å²) in [6.07, 6.45) is 5.23. The highest BCUT2D eigenvalue weighted by Crippen LogP contribution is 2.53. The summed E-state index contributed by atoms with van der Waals surface area (Å²) < 4.78 is 5.72. The van der Waals surface area contributed by atoms with E-state index in [4.69, 9.17) is 4.74 Å². The second-order valence-electron chi connectivity index (χ2n) is 3.71. The van der Waals surface area contributed by atoms with Crippen LogP contribution in [0.15, 0.2) is 18.2 Å². The molecule has 0 spiro atoms. The number of fused-ring (bicyclic) bond motifs is 1. The van der Waals surface area contributed by atoms with E-state index < -0.39 is 0 Å². The van der Waals surface area contributed by atoms with E-state index in [-0.39, 0.29) is 10.7 Å². The molecule has 88 valence electrons. The van der Waals surface area contributed by atoms with E-state index in [1.165, 1.54) is 5.56 Å². The molecular formula is C12H16O2S2. The van der Waals surface area contributed by atoms with E-state index in [2.05, 4.69) is 12.5 Å². The number of hydrogen-bond acceptors (Lipinski definition) is 4. The van der Waals surface area contributed by atoms with Crippen LogP contribution < -0.4 is 4.74 Å². The summed E-state index contributed by atoms with van der Waals surface area (Å²) in [5, 5.41) is 9.44. The van der Waals surface area contributed by atoms with E-state index in [1.54, 1.807) is 0 Å². The second kappa shape index (κ2) is 4.90. The van der Waals surface area contributed by atoms with Crippen LogP contribution in [-0.2, 0) is 10.7 Å². The van der Waals surface area contributed by atoms with Crippen LogP contribution in [0.25, 0.3) is 0 Å². The largest absolute Gasteiger partial charge is 0.493 e. The van der Waals surface area contributed by atoms with Crippen LogP contribution in [-0.4, -0.2) is 24.2 Å². The van der Waals surface area contributed by atoms with Gasteiger partial charge in [0, 0.05) is 12.0 Å². The van der Waals surface area contributed by atoms with Crippen molar-refractivity contribution in [1.29, 1.82) is 0 Å². The molecule has 0 amide bonds. The first-order valence-electron chi connectivity index (χ1n) is 5.23. The van der Waals surface area contributed by atoms with Gasteiger partial charge in [-0.1, -0.05) is 12.1 Å². The maximum Gasteiger partial charge on any atom is 0.125 e. The first kappa shape index (κ1) is 12.1. The molecule has 1 aliphatic rings. The van der Waals surface area contributed by atoms with Crippen LogP contribution in [0, 0.1) is 0 Å². The van der Waals surface area contributed by atoms with Gasteiger partial charge in [-0.2, -0.15) is 0 Å². The standard InChI is InChI=1S/C12H16O2S2/c1-15-12(16-2)6-7-14-10-5-3-4-9(8-13)11(10)12/h3-5,13H,6-8H2,1-2H3. The molecule has 4 heteroatoms. The number of ether oxygens (including phenoxy) is 1. The average Bonchev–Trinajstić information content (AvgIpc) is 2.37. The Labute approximate surface area is 105 Å². The summed E-state index contributed by atoms with van der Waals surface area (Å²) in [4.78, 5) is 0. The molecule has 1 N–H and O–H groups in total. The summed E-state index contributed by atoms with van der Waals surface area (Å²) in [6.45, 7) is 0.832. The molecule has 2 rings (SSSR count). The van der Waals surface area contributed by atoms with Gasteiger partial charge in [-0.05, 0) is 24.1 Å². The molecule has 1 aliphatic heterocycles. The Morgan fingerprint density at radius 3 is 2.75 bits per heavy atom. The second-order valence-corrected chi connectivity index (χ2v) is 6.18. The van der Waals surface area contributed by atoms with E-state index >= 15 is 0 Å². The first-order chi connectivity index (χ1) is 7.77. The number of thioether (sulfide) groups is 2. The van der Waals surface area contributed by atoms with Crippen LogP contribution in [0.2, 0.25) is 0 Å². The molecule has 0 aliphatic carbocycles. The molecule has 16 heavy (non-hydrogen) atoms. The number of benzene rings is 1. The highest BCUT2D eigenvalue weighted by atomic mass is 32.2. The fraction of sp³-hybridized carbons (Fsp3) is 0.500. The number of hydrogen-bond donors (Lipinski definition) is 1. The molecule has 0 unspecified atom stereocenters. The Kier molecular flexibility index (Phi) is 3.72. The molecule has 0 saturated carbocycles. The van der Waals surface area contributed by atoms with Crippen LogP contribution in [0.5, 0.6) is 5.75 Å². The predicted octanol–water partition coefficient (Wildman–Crippen LogP) is 2.84. The SMILES string of the molecule is CSC1(SC)CCOc2cccc(CO)c21. The summed E-state index contributed by atoms with van der Waals surface area (Å²) in [7, 11) is 0. The summed E-state index contributed by atoms with van der Waals surface area (Å²) in [5.41, 5.74) is 2.16. The molecular weight excluding hydrogens is 240 g/mol. The molecule has 0 bridgehead atoms. The lowest BCUT2D eigenvalue weighted by Crippen LogP contribution is -2.27. The minimum absolute atomic E-state index is 0.0346. The van der Waals surface area contributed by atoms with Gasteiger partial charge < -0.3 is 9.84 Å². The van der Waals surface area contributed by atoms with Crippen molar-refractivity contribution in [2.75, 3.05) is 19.1 Å². The molecule has 0 atom stereocenters. The van der Waals surface area contributed by atoms with Crippen molar-refractivity contribution in [3.05, 3.63) is 29.3 Å². The van der Waals surface area contributed by atoms with Crippen molar-refractivity contribution in [3.8, 4) is 5.75 Å². The van der Waals surface area contributed by atoms with Crippen molar-refractivity contribution < 1.29 is 9.84 Å². The minimum atomic E-state index is 0.0346. The quantitative estimate of drug-likeness (QED) is 0.842. The highest BCUT2D eigenvalue weighted by molar-refractivity contribution is 8.16. The van der Waals surface area contributed by atoms with Crippen LogP contribution in [0.3, 0.4) is 0 Å². The van der Waals surface area contributed by atoms with Gasteiger partial charge in [0.25, 0.3) is 0 Å². The zero-order valence-electron chi connectivity index (χ0n) is 9.53.